The van der Waals surface area contributed by atoms with Crippen LogP contribution in [0.15, 0.2) is 41.1 Å². The Labute approximate surface area is 171 Å². The lowest BCUT2D eigenvalue weighted by atomic mass is 10.1. The first-order valence-electron chi connectivity index (χ1n) is 9.18. The summed E-state index contributed by atoms with van der Waals surface area (Å²) in [6.45, 7) is 1.69. The Bertz CT molecular complexity index is 1020. The molecule has 146 valence electrons. The number of hydrogen-bond acceptors (Lipinski definition) is 5. The summed E-state index contributed by atoms with van der Waals surface area (Å²) in [6.07, 6.45) is 5.61. The monoisotopic (exact) mass is 443 g/mol. The number of rotatable bonds is 4. The number of piperidine rings is 1. The number of H-pyrrole nitrogens is 1. The summed E-state index contributed by atoms with van der Waals surface area (Å²) in [4.78, 5) is 22.7. The van der Waals surface area contributed by atoms with Crippen LogP contribution in [0.4, 0.5) is 11.4 Å². The Hall–Kier alpha value is -2.58. The van der Waals surface area contributed by atoms with E-state index in [0.29, 0.717) is 17.0 Å². The molecule has 4 N–H and O–H groups in total. The molecule has 0 spiro atoms. The van der Waals surface area contributed by atoms with Crippen LogP contribution in [0, 0.1) is 0 Å². The number of carbonyl (C=O) groups excluding carboxylic acids is 1. The molecule has 4 rings (SSSR count). The van der Waals surface area contributed by atoms with Gasteiger partial charge in [0.2, 0.25) is 0 Å². The van der Waals surface area contributed by atoms with Gasteiger partial charge in [0.05, 0.1) is 28.3 Å². The van der Waals surface area contributed by atoms with E-state index < -0.39 is 0 Å². The predicted molar refractivity (Wildman–Crippen MR) is 114 cm³/mol. The molecule has 0 aliphatic carbocycles. The van der Waals surface area contributed by atoms with Crippen molar-refractivity contribution < 1.29 is 9.53 Å². The highest BCUT2D eigenvalue weighted by atomic mass is 79.9. The smallest absolute Gasteiger partial charge is 0.255 e. The fraction of sp³-hybridized carbons (Fsp3) is 0.300. The van der Waals surface area contributed by atoms with Crippen molar-refractivity contribution in [2.75, 3.05) is 30.4 Å². The first-order valence-corrected chi connectivity index (χ1v) is 9.97. The molecule has 1 aliphatic heterocycles. The first-order chi connectivity index (χ1) is 13.6. The van der Waals surface area contributed by atoms with Gasteiger partial charge in [0.1, 0.15) is 11.4 Å². The molecule has 1 aliphatic rings. The molecule has 2 aromatic heterocycles. The maximum absolute atomic E-state index is 12.8. The van der Waals surface area contributed by atoms with E-state index in [-0.39, 0.29) is 11.9 Å². The number of hydrogen-bond donors (Lipinski definition) is 3. The molecular formula is C20H22BrN5O2. The first kappa shape index (κ1) is 18.8. The van der Waals surface area contributed by atoms with Crippen molar-refractivity contribution in [3.8, 4) is 5.75 Å². The minimum absolute atomic E-state index is 0.137. The topological polar surface area (TPSA) is 96.3 Å². The number of nitrogens with one attached hydrogen (secondary N) is 2. The van der Waals surface area contributed by atoms with Crippen molar-refractivity contribution in [2.45, 2.75) is 18.9 Å². The number of halogens is 1. The van der Waals surface area contributed by atoms with Crippen molar-refractivity contribution in [2.24, 2.45) is 5.73 Å². The van der Waals surface area contributed by atoms with Crippen LogP contribution in [0.1, 0.15) is 23.2 Å². The summed E-state index contributed by atoms with van der Waals surface area (Å²) in [5.74, 6) is 0.431. The van der Waals surface area contributed by atoms with E-state index in [2.05, 4.69) is 36.1 Å². The second-order valence-corrected chi connectivity index (χ2v) is 7.77. The average Bonchev–Trinajstić information content (AvgIpc) is 3.10. The third kappa shape index (κ3) is 3.57. The molecule has 1 fully saturated rings. The van der Waals surface area contributed by atoms with Crippen LogP contribution in [0.3, 0.4) is 0 Å². The number of pyridine rings is 1. The number of aromatic amines is 1. The fourth-order valence-corrected chi connectivity index (χ4v) is 4.19. The van der Waals surface area contributed by atoms with E-state index >= 15 is 0 Å². The SMILES string of the molecule is COc1cccc(C(=O)Nc2c[nH]c3ncc(Br)c(N4CCCC(N)C4)c23)c1. The molecular weight excluding hydrogens is 422 g/mol. The summed E-state index contributed by atoms with van der Waals surface area (Å²) in [6, 6.07) is 7.20. The molecule has 3 heterocycles. The van der Waals surface area contributed by atoms with E-state index in [1.54, 1.807) is 43.8 Å². The van der Waals surface area contributed by atoms with Crippen LogP contribution in [0.5, 0.6) is 5.75 Å². The van der Waals surface area contributed by atoms with Gasteiger partial charge in [-0.25, -0.2) is 4.98 Å². The summed E-state index contributed by atoms with van der Waals surface area (Å²) < 4.78 is 6.09. The van der Waals surface area contributed by atoms with Crippen molar-refractivity contribution in [3.05, 3.63) is 46.7 Å². The average molecular weight is 444 g/mol. The zero-order valence-electron chi connectivity index (χ0n) is 15.5. The van der Waals surface area contributed by atoms with E-state index in [1.807, 2.05) is 0 Å². The second kappa shape index (κ2) is 7.81. The summed E-state index contributed by atoms with van der Waals surface area (Å²) in [5, 5.41) is 3.88. The van der Waals surface area contributed by atoms with Gasteiger partial charge in [0.15, 0.2) is 0 Å². The van der Waals surface area contributed by atoms with Gasteiger partial charge in [-0.1, -0.05) is 6.07 Å². The van der Waals surface area contributed by atoms with Gasteiger partial charge in [-0.2, -0.15) is 0 Å². The Balaban J connectivity index is 1.71. The van der Waals surface area contributed by atoms with E-state index in [9.17, 15) is 4.79 Å². The number of aromatic nitrogens is 2. The van der Waals surface area contributed by atoms with Crippen LogP contribution >= 0.6 is 15.9 Å². The highest BCUT2D eigenvalue weighted by Crippen LogP contribution is 2.39. The Morgan fingerprint density at radius 1 is 1.46 bits per heavy atom. The quantitative estimate of drug-likeness (QED) is 0.573. The molecule has 0 saturated carbocycles. The largest absolute Gasteiger partial charge is 0.497 e. The molecule has 3 aromatic rings. The molecule has 1 atom stereocenters. The lowest BCUT2D eigenvalue weighted by Gasteiger charge is -2.33. The summed E-state index contributed by atoms with van der Waals surface area (Å²) >= 11 is 3.63. The second-order valence-electron chi connectivity index (χ2n) is 6.92. The number of anilines is 2. The molecule has 28 heavy (non-hydrogen) atoms. The maximum Gasteiger partial charge on any atom is 0.255 e. The number of benzene rings is 1. The normalized spacial score (nSPS) is 17.0. The third-order valence-corrected chi connectivity index (χ3v) is 5.56. The molecule has 1 saturated heterocycles. The molecule has 1 aromatic carbocycles. The standard InChI is InChI=1S/C20H22BrN5O2/c1-28-14-6-2-4-12(8-14)20(27)25-16-10-24-19-17(16)18(15(21)9-23-19)26-7-3-5-13(22)11-26/h2,4,6,8-10,13H,3,5,7,11,22H2,1H3,(H,23,24)(H,25,27). The molecule has 0 radical (unpaired) electrons. The van der Waals surface area contributed by atoms with Crippen molar-refractivity contribution >= 4 is 44.2 Å². The van der Waals surface area contributed by atoms with Gasteiger partial charge in [0.25, 0.3) is 5.91 Å². The van der Waals surface area contributed by atoms with Crippen LogP contribution in [-0.2, 0) is 0 Å². The predicted octanol–water partition coefficient (Wildman–Crippen LogP) is 3.51. The zero-order chi connectivity index (χ0) is 19.7. The van der Waals surface area contributed by atoms with Crippen LogP contribution in [-0.4, -0.2) is 42.1 Å². The van der Waals surface area contributed by atoms with Gasteiger partial charge in [-0.05, 0) is 47.0 Å². The number of methoxy groups -OCH3 is 1. The van der Waals surface area contributed by atoms with E-state index in [1.165, 1.54) is 0 Å². The van der Waals surface area contributed by atoms with Crippen molar-refractivity contribution in [1.29, 1.82) is 0 Å². The number of nitrogens with zero attached hydrogens (tertiary/aromatic N) is 2. The van der Waals surface area contributed by atoms with Crippen molar-refractivity contribution in [1.82, 2.24) is 9.97 Å². The van der Waals surface area contributed by atoms with Gasteiger partial charge >= 0.3 is 0 Å². The third-order valence-electron chi connectivity index (χ3n) is 4.98. The number of ether oxygens (including phenoxy) is 1. The van der Waals surface area contributed by atoms with Gasteiger partial charge in [0, 0.05) is 37.1 Å². The van der Waals surface area contributed by atoms with Crippen LogP contribution < -0.4 is 20.7 Å². The Kier molecular flexibility index (Phi) is 5.23. The zero-order valence-corrected chi connectivity index (χ0v) is 17.1. The molecule has 0 bridgehead atoms. The number of amides is 1. The summed E-state index contributed by atoms with van der Waals surface area (Å²) in [5.41, 5.74) is 9.13. The molecule has 1 unspecified atom stereocenters. The Morgan fingerprint density at radius 2 is 2.32 bits per heavy atom. The number of fused-ring (bicyclic) bond motifs is 1. The maximum atomic E-state index is 12.8. The van der Waals surface area contributed by atoms with E-state index in [4.69, 9.17) is 10.5 Å². The lowest BCUT2D eigenvalue weighted by Crippen LogP contribution is -2.43. The molecule has 1 amide bonds. The lowest BCUT2D eigenvalue weighted by molar-refractivity contribution is 0.102. The minimum atomic E-state index is -0.207. The van der Waals surface area contributed by atoms with E-state index in [0.717, 1.165) is 47.1 Å². The van der Waals surface area contributed by atoms with Crippen LogP contribution in [0.2, 0.25) is 0 Å². The molecule has 7 nitrogen and oxygen atoms in total. The Morgan fingerprint density at radius 3 is 3.11 bits per heavy atom. The summed E-state index contributed by atoms with van der Waals surface area (Å²) in [7, 11) is 1.58. The number of carbonyl (C=O) groups is 1. The van der Waals surface area contributed by atoms with Gasteiger partial charge in [-0.15, -0.1) is 0 Å². The minimum Gasteiger partial charge on any atom is -0.497 e. The highest BCUT2D eigenvalue weighted by molar-refractivity contribution is 9.10. The van der Waals surface area contributed by atoms with Gasteiger partial charge < -0.3 is 25.7 Å². The number of nitrogens with two attached hydrogens (primary N) is 1. The van der Waals surface area contributed by atoms with Crippen molar-refractivity contribution in [3.63, 3.8) is 0 Å². The molecule has 8 heteroatoms. The van der Waals surface area contributed by atoms with Gasteiger partial charge in [-0.3, -0.25) is 4.79 Å². The fourth-order valence-electron chi connectivity index (χ4n) is 3.64. The highest BCUT2D eigenvalue weighted by Gasteiger charge is 2.24. The van der Waals surface area contributed by atoms with Crippen LogP contribution in [0.25, 0.3) is 11.0 Å².